The molecule has 9 heteroatoms. The van der Waals surface area contributed by atoms with Crippen LogP contribution in [0.25, 0.3) is 0 Å². The summed E-state index contributed by atoms with van der Waals surface area (Å²) >= 11 is 0. The fourth-order valence-corrected chi connectivity index (χ4v) is 3.50. The Morgan fingerprint density at radius 3 is 1.80 bits per heavy atom. The zero-order chi connectivity index (χ0) is 11.2. The van der Waals surface area contributed by atoms with Gasteiger partial charge in [-0.3, -0.25) is 0 Å². The zero-order valence-electron chi connectivity index (χ0n) is 9.48. The van der Waals surface area contributed by atoms with Crippen LogP contribution in [-0.2, 0) is 23.4 Å². The van der Waals surface area contributed by atoms with Gasteiger partial charge in [-0.25, -0.2) is 8.42 Å². The third kappa shape index (κ3) is 7.49. The van der Waals surface area contributed by atoms with Gasteiger partial charge < -0.3 is 17.8 Å². The van der Waals surface area contributed by atoms with Gasteiger partial charge in [0, 0.05) is 33.1 Å². The third-order valence-corrected chi connectivity index (χ3v) is 5.43. The Morgan fingerprint density at radius 1 is 1.13 bits per heavy atom. The van der Waals surface area contributed by atoms with Crippen LogP contribution in [0.5, 0.6) is 0 Å². The van der Waals surface area contributed by atoms with Gasteiger partial charge in [-0.05, 0) is 6.42 Å². The second kappa shape index (κ2) is 7.81. The van der Waals surface area contributed by atoms with Gasteiger partial charge in [0.1, 0.15) is 0 Å². The van der Waals surface area contributed by atoms with Crippen LogP contribution in [0.2, 0.25) is 6.04 Å². The summed E-state index contributed by atoms with van der Waals surface area (Å²) in [5.41, 5.74) is 0. The maximum absolute atomic E-state index is 10.3. The Morgan fingerprint density at radius 2 is 1.53 bits per heavy atom. The Labute approximate surface area is 104 Å². The van der Waals surface area contributed by atoms with Crippen molar-refractivity contribution in [3.63, 3.8) is 0 Å². The molecule has 0 rings (SSSR count). The first kappa shape index (κ1) is 18.0. The van der Waals surface area contributed by atoms with Crippen molar-refractivity contribution in [3.05, 3.63) is 0 Å². The van der Waals surface area contributed by atoms with Gasteiger partial charge >= 0.3 is 27.7 Å². The van der Waals surface area contributed by atoms with Gasteiger partial charge in [-0.15, -0.1) is 0 Å². The summed E-state index contributed by atoms with van der Waals surface area (Å²) in [5, 5.41) is 0. The van der Waals surface area contributed by atoms with Crippen molar-refractivity contribution in [2.45, 2.75) is 12.5 Å². The summed E-state index contributed by atoms with van der Waals surface area (Å²) in [5.74, 6) is -0.419. The molecule has 0 aromatic rings. The molecular weight excluding hydrogens is 235 g/mol. The van der Waals surface area contributed by atoms with Gasteiger partial charge in [0.15, 0.2) is 0 Å². The van der Waals surface area contributed by atoms with Crippen LogP contribution in [-0.4, -0.2) is 48.9 Å². The Balaban J connectivity index is 0. The quantitative estimate of drug-likeness (QED) is 0.349. The standard InChI is InChI=1S/C6H16O6SSi.Li/c1-10-14(11-2,12-3)6-4-5-13(7,8)9;/h4-6H2,1-3H3,(H,7,8,9);/q;+1/p-1. The van der Waals surface area contributed by atoms with Crippen molar-refractivity contribution in [2.24, 2.45) is 0 Å². The Bertz CT molecular complexity index is 244. The molecule has 0 aromatic carbocycles. The Hall–Kier alpha value is 0.604. The first-order valence-electron chi connectivity index (χ1n) is 3.98. The van der Waals surface area contributed by atoms with Gasteiger partial charge in [0.05, 0.1) is 10.1 Å². The van der Waals surface area contributed by atoms with E-state index in [0.717, 1.165) is 0 Å². The molecule has 0 aliphatic carbocycles. The van der Waals surface area contributed by atoms with Gasteiger partial charge in [0.2, 0.25) is 0 Å². The molecule has 86 valence electrons. The van der Waals surface area contributed by atoms with E-state index in [1.807, 2.05) is 0 Å². The van der Waals surface area contributed by atoms with E-state index >= 15 is 0 Å². The normalized spacial score (nSPS) is 12.3. The molecule has 0 saturated carbocycles. The average molecular weight is 250 g/mol. The fraction of sp³-hybridized carbons (Fsp3) is 1.00. The third-order valence-electron chi connectivity index (χ3n) is 1.81. The van der Waals surface area contributed by atoms with Crippen molar-refractivity contribution in [3.8, 4) is 0 Å². The molecule has 0 aromatic heterocycles. The van der Waals surface area contributed by atoms with Gasteiger partial charge in [-0.2, -0.15) is 0 Å². The second-order valence-corrected chi connectivity index (χ2v) is 7.28. The van der Waals surface area contributed by atoms with E-state index in [0.29, 0.717) is 6.04 Å². The van der Waals surface area contributed by atoms with E-state index in [2.05, 4.69) is 0 Å². The van der Waals surface area contributed by atoms with E-state index in [1.165, 1.54) is 21.3 Å². The maximum Gasteiger partial charge on any atom is 1.00 e. The number of rotatable bonds is 7. The van der Waals surface area contributed by atoms with E-state index in [4.69, 9.17) is 13.3 Å². The predicted octanol–water partition coefficient (Wildman–Crippen LogP) is -3.20. The van der Waals surface area contributed by atoms with E-state index in [9.17, 15) is 13.0 Å². The molecule has 15 heavy (non-hydrogen) atoms. The van der Waals surface area contributed by atoms with Crippen LogP contribution in [0.3, 0.4) is 0 Å². The van der Waals surface area contributed by atoms with Crippen LogP contribution in [0.15, 0.2) is 0 Å². The molecule has 0 amide bonds. The van der Waals surface area contributed by atoms with Crippen LogP contribution in [0, 0.1) is 0 Å². The zero-order valence-corrected chi connectivity index (χ0v) is 11.3. The molecule has 0 N–H and O–H groups in total. The predicted molar refractivity (Wildman–Crippen MR) is 50.8 cm³/mol. The molecule has 0 saturated heterocycles. The molecule has 6 nitrogen and oxygen atoms in total. The molecule has 0 radical (unpaired) electrons. The molecule has 0 heterocycles. The van der Waals surface area contributed by atoms with E-state index < -0.39 is 24.7 Å². The average Bonchev–Trinajstić information content (AvgIpc) is 2.11. The molecular formula is C6H15LiO6SSi. The maximum atomic E-state index is 10.3. The van der Waals surface area contributed by atoms with Crippen LogP contribution < -0.4 is 18.9 Å². The molecule has 0 fully saturated rings. The summed E-state index contributed by atoms with van der Waals surface area (Å²) in [6.07, 6.45) is 0.188. The summed E-state index contributed by atoms with van der Waals surface area (Å²) in [6, 6.07) is 0.317. The summed E-state index contributed by atoms with van der Waals surface area (Å²) in [4.78, 5) is 0. The van der Waals surface area contributed by atoms with Crippen molar-refractivity contribution < 1.29 is 45.1 Å². The summed E-state index contributed by atoms with van der Waals surface area (Å²) in [6.45, 7) is 0. The van der Waals surface area contributed by atoms with Crippen LogP contribution >= 0.6 is 0 Å². The molecule has 0 aliphatic heterocycles. The van der Waals surface area contributed by atoms with Gasteiger partial charge in [0.25, 0.3) is 0 Å². The first-order chi connectivity index (χ1) is 6.39. The minimum atomic E-state index is -4.17. The largest absolute Gasteiger partial charge is 1.00 e. The van der Waals surface area contributed by atoms with Crippen molar-refractivity contribution in [1.82, 2.24) is 0 Å². The monoisotopic (exact) mass is 250 g/mol. The van der Waals surface area contributed by atoms with E-state index in [1.54, 1.807) is 0 Å². The van der Waals surface area contributed by atoms with Crippen molar-refractivity contribution in [2.75, 3.05) is 27.1 Å². The van der Waals surface area contributed by atoms with Crippen LogP contribution in [0.4, 0.5) is 0 Å². The first-order valence-corrected chi connectivity index (χ1v) is 7.49. The molecule has 0 bridgehead atoms. The summed E-state index contributed by atoms with van der Waals surface area (Å²) in [7, 11) is -2.58. The van der Waals surface area contributed by atoms with Crippen LogP contribution in [0.1, 0.15) is 6.42 Å². The number of hydrogen-bond acceptors (Lipinski definition) is 6. The van der Waals surface area contributed by atoms with Crippen molar-refractivity contribution in [1.29, 1.82) is 0 Å². The van der Waals surface area contributed by atoms with Crippen molar-refractivity contribution >= 4 is 18.9 Å². The summed E-state index contributed by atoms with van der Waals surface area (Å²) < 4.78 is 46.1. The number of hydrogen-bond donors (Lipinski definition) is 0. The molecule has 0 spiro atoms. The molecule has 0 aliphatic rings. The topological polar surface area (TPSA) is 84.9 Å². The SMILES string of the molecule is CO[Si](CCCS(=O)(=O)[O-])(OC)OC.[Li+]. The Kier molecular flexibility index (Phi) is 9.36. The molecule has 0 atom stereocenters. The minimum absolute atomic E-state index is 0. The fourth-order valence-electron chi connectivity index (χ4n) is 1.02. The van der Waals surface area contributed by atoms with E-state index in [-0.39, 0.29) is 25.3 Å². The smallest absolute Gasteiger partial charge is 0.748 e. The minimum Gasteiger partial charge on any atom is -0.748 e. The molecule has 0 unspecified atom stereocenters. The van der Waals surface area contributed by atoms with Gasteiger partial charge in [-0.1, -0.05) is 0 Å². The second-order valence-electron chi connectivity index (χ2n) is 2.66.